The van der Waals surface area contributed by atoms with Crippen molar-refractivity contribution in [3.05, 3.63) is 29.8 Å². The SMILES string of the molecule is CCCNC(=O)CN1CCN(CCc2ccc(OC)cc2)CC1. The van der Waals surface area contributed by atoms with Crippen molar-refractivity contribution < 1.29 is 9.53 Å². The first kappa shape index (κ1) is 17.8. The average molecular weight is 319 g/mol. The third kappa shape index (κ3) is 6.20. The number of amides is 1. The Labute approximate surface area is 139 Å². The first-order valence-corrected chi connectivity index (χ1v) is 8.55. The second kappa shape index (κ2) is 9.53. The van der Waals surface area contributed by atoms with E-state index < -0.39 is 0 Å². The van der Waals surface area contributed by atoms with E-state index in [0.29, 0.717) is 6.54 Å². The van der Waals surface area contributed by atoms with Crippen LogP contribution in [0, 0.1) is 0 Å². The number of carbonyl (C=O) groups excluding carboxylic acids is 1. The van der Waals surface area contributed by atoms with Crippen molar-refractivity contribution >= 4 is 5.91 Å². The van der Waals surface area contributed by atoms with Gasteiger partial charge in [0.1, 0.15) is 5.75 Å². The summed E-state index contributed by atoms with van der Waals surface area (Å²) in [6, 6.07) is 8.30. The number of ether oxygens (including phenoxy) is 1. The molecular formula is C18H29N3O2. The van der Waals surface area contributed by atoms with Crippen LogP contribution in [0.2, 0.25) is 0 Å². The van der Waals surface area contributed by atoms with Gasteiger partial charge in [0.15, 0.2) is 0 Å². The van der Waals surface area contributed by atoms with Crippen LogP contribution in [-0.2, 0) is 11.2 Å². The Bertz CT molecular complexity index is 468. The molecule has 1 aromatic rings. The van der Waals surface area contributed by atoms with Gasteiger partial charge in [0.2, 0.25) is 5.91 Å². The average Bonchev–Trinajstić information content (AvgIpc) is 2.60. The molecule has 1 amide bonds. The smallest absolute Gasteiger partial charge is 0.234 e. The van der Waals surface area contributed by atoms with Crippen LogP contribution in [0.5, 0.6) is 5.75 Å². The zero-order valence-electron chi connectivity index (χ0n) is 14.4. The third-order valence-electron chi connectivity index (χ3n) is 4.28. The number of rotatable bonds is 8. The lowest BCUT2D eigenvalue weighted by atomic mass is 10.1. The molecule has 0 aromatic heterocycles. The quantitative estimate of drug-likeness (QED) is 0.786. The van der Waals surface area contributed by atoms with Gasteiger partial charge in [-0.15, -0.1) is 0 Å². The zero-order valence-corrected chi connectivity index (χ0v) is 14.4. The Hall–Kier alpha value is -1.59. The summed E-state index contributed by atoms with van der Waals surface area (Å²) in [5.74, 6) is 1.06. The number of nitrogens with zero attached hydrogens (tertiary/aromatic N) is 2. The number of piperazine rings is 1. The topological polar surface area (TPSA) is 44.8 Å². The van der Waals surface area contributed by atoms with Crippen LogP contribution in [-0.4, -0.2) is 68.6 Å². The molecule has 5 nitrogen and oxygen atoms in total. The van der Waals surface area contributed by atoms with Gasteiger partial charge in [-0.3, -0.25) is 9.69 Å². The summed E-state index contributed by atoms with van der Waals surface area (Å²) in [5.41, 5.74) is 1.34. The predicted octanol–water partition coefficient (Wildman–Crippen LogP) is 1.38. The Kier molecular flexibility index (Phi) is 7.36. The van der Waals surface area contributed by atoms with Crippen molar-refractivity contribution in [3.63, 3.8) is 0 Å². The maximum atomic E-state index is 11.7. The summed E-state index contributed by atoms with van der Waals surface area (Å²) >= 11 is 0. The number of benzene rings is 1. The Morgan fingerprint density at radius 2 is 1.78 bits per heavy atom. The summed E-state index contributed by atoms with van der Waals surface area (Å²) in [6.45, 7) is 8.48. The van der Waals surface area contributed by atoms with Gasteiger partial charge in [0.05, 0.1) is 13.7 Å². The molecule has 0 unspecified atom stereocenters. The van der Waals surface area contributed by atoms with Crippen LogP contribution >= 0.6 is 0 Å². The van der Waals surface area contributed by atoms with Crippen molar-refractivity contribution in [1.29, 1.82) is 0 Å². The summed E-state index contributed by atoms with van der Waals surface area (Å²) in [6.07, 6.45) is 2.05. The lowest BCUT2D eigenvalue weighted by Gasteiger charge is -2.34. The fourth-order valence-corrected chi connectivity index (χ4v) is 2.77. The molecule has 1 saturated heterocycles. The number of methoxy groups -OCH3 is 1. The number of hydrogen-bond donors (Lipinski definition) is 1. The third-order valence-corrected chi connectivity index (χ3v) is 4.28. The Morgan fingerprint density at radius 3 is 2.39 bits per heavy atom. The van der Waals surface area contributed by atoms with Gasteiger partial charge in [-0.05, 0) is 30.5 Å². The van der Waals surface area contributed by atoms with Crippen molar-refractivity contribution in [2.45, 2.75) is 19.8 Å². The minimum atomic E-state index is 0.151. The molecule has 1 N–H and O–H groups in total. The molecule has 1 aromatic carbocycles. The van der Waals surface area contributed by atoms with Crippen LogP contribution in [0.1, 0.15) is 18.9 Å². The summed E-state index contributed by atoms with van der Waals surface area (Å²) < 4.78 is 5.18. The second-order valence-electron chi connectivity index (χ2n) is 6.07. The van der Waals surface area contributed by atoms with Gasteiger partial charge in [-0.2, -0.15) is 0 Å². The molecule has 5 heteroatoms. The lowest BCUT2D eigenvalue weighted by molar-refractivity contribution is -0.122. The maximum Gasteiger partial charge on any atom is 0.234 e. The molecular weight excluding hydrogens is 290 g/mol. The number of nitrogens with one attached hydrogen (secondary N) is 1. The standard InChI is InChI=1S/C18H29N3O2/c1-3-9-19-18(22)15-21-13-11-20(12-14-21)10-8-16-4-6-17(23-2)7-5-16/h4-7H,3,8-15H2,1-2H3,(H,19,22). The van der Waals surface area contributed by atoms with E-state index in [4.69, 9.17) is 4.74 Å². The maximum absolute atomic E-state index is 11.7. The predicted molar refractivity (Wildman–Crippen MR) is 92.9 cm³/mol. The molecule has 23 heavy (non-hydrogen) atoms. The van der Waals surface area contributed by atoms with Crippen molar-refractivity contribution in [1.82, 2.24) is 15.1 Å². The van der Waals surface area contributed by atoms with Gasteiger partial charge in [0, 0.05) is 39.3 Å². The minimum absolute atomic E-state index is 0.151. The number of carbonyl (C=O) groups is 1. The highest BCUT2D eigenvalue weighted by molar-refractivity contribution is 5.77. The monoisotopic (exact) mass is 319 g/mol. The summed E-state index contributed by atoms with van der Waals surface area (Å²) in [4.78, 5) is 16.5. The number of hydrogen-bond acceptors (Lipinski definition) is 4. The van der Waals surface area contributed by atoms with Gasteiger partial charge < -0.3 is 15.0 Å². The van der Waals surface area contributed by atoms with E-state index in [-0.39, 0.29) is 5.91 Å². The fraction of sp³-hybridized carbons (Fsp3) is 0.611. The van der Waals surface area contributed by atoms with E-state index in [1.54, 1.807) is 7.11 Å². The molecule has 0 saturated carbocycles. The molecule has 0 spiro atoms. The minimum Gasteiger partial charge on any atom is -0.497 e. The first-order chi connectivity index (χ1) is 11.2. The van der Waals surface area contributed by atoms with Gasteiger partial charge in [-0.1, -0.05) is 19.1 Å². The van der Waals surface area contributed by atoms with Crippen LogP contribution in [0.25, 0.3) is 0 Å². The zero-order chi connectivity index (χ0) is 16.5. The van der Waals surface area contributed by atoms with E-state index in [0.717, 1.165) is 57.9 Å². The van der Waals surface area contributed by atoms with Gasteiger partial charge in [0.25, 0.3) is 0 Å². The largest absolute Gasteiger partial charge is 0.497 e. The van der Waals surface area contributed by atoms with Crippen LogP contribution in [0.4, 0.5) is 0 Å². The molecule has 0 radical (unpaired) electrons. The van der Waals surface area contributed by atoms with E-state index in [1.807, 2.05) is 12.1 Å². The molecule has 0 bridgehead atoms. The van der Waals surface area contributed by atoms with Gasteiger partial charge in [-0.25, -0.2) is 0 Å². The van der Waals surface area contributed by atoms with Crippen molar-refractivity contribution in [2.24, 2.45) is 0 Å². The molecule has 128 valence electrons. The van der Waals surface area contributed by atoms with Crippen molar-refractivity contribution in [3.8, 4) is 5.75 Å². The molecule has 2 rings (SSSR count). The molecule has 1 aliphatic heterocycles. The lowest BCUT2D eigenvalue weighted by Crippen LogP contribution is -2.49. The van der Waals surface area contributed by atoms with Gasteiger partial charge >= 0.3 is 0 Å². The summed E-state index contributed by atoms with van der Waals surface area (Å²) in [5, 5.41) is 2.94. The highest BCUT2D eigenvalue weighted by Gasteiger charge is 2.18. The Morgan fingerprint density at radius 1 is 1.13 bits per heavy atom. The van der Waals surface area contributed by atoms with Crippen LogP contribution in [0.15, 0.2) is 24.3 Å². The van der Waals surface area contributed by atoms with E-state index in [1.165, 1.54) is 5.56 Å². The van der Waals surface area contributed by atoms with E-state index in [9.17, 15) is 4.79 Å². The normalized spacial score (nSPS) is 16.3. The second-order valence-corrected chi connectivity index (χ2v) is 6.07. The van der Waals surface area contributed by atoms with E-state index in [2.05, 4.69) is 34.2 Å². The molecule has 1 heterocycles. The molecule has 1 aliphatic rings. The molecule has 0 aliphatic carbocycles. The molecule has 1 fully saturated rings. The highest BCUT2D eigenvalue weighted by atomic mass is 16.5. The summed E-state index contributed by atoms with van der Waals surface area (Å²) in [7, 11) is 1.69. The van der Waals surface area contributed by atoms with E-state index >= 15 is 0 Å². The van der Waals surface area contributed by atoms with Crippen LogP contribution < -0.4 is 10.1 Å². The Balaban J connectivity index is 1.65. The van der Waals surface area contributed by atoms with Crippen molar-refractivity contribution in [2.75, 3.05) is 52.9 Å². The molecule has 0 atom stereocenters. The first-order valence-electron chi connectivity index (χ1n) is 8.55. The highest BCUT2D eigenvalue weighted by Crippen LogP contribution is 2.12. The fourth-order valence-electron chi connectivity index (χ4n) is 2.77. The van der Waals surface area contributed by atoms with Crippen LogP contribution in [0.3, 0.4) is 0 Å².